The van der Waals surface area contributed by atoms with Gasteiger partial charge in [-0.05, 0) is 22.0 Å². The van der Waals surface area contributed by atoms with Gasteiger partial charge in [0.2, 0.25) is 16.6 Å². The lowest BCUT2D eigenvalue weighted by molar-refractivity contribution is 0.397. The second-order valence-electron chi connectivity index (χ2n) is 2.71. The maximum atomic E-state index is 5.47. The van der Waals surface area contributed by atoms with Crippen molar-refractivity contribution in [3.63, 3.8) is 0 Å². The summed E-state index contributed by atoms with van der Waals surface area (Å²) in [6.07, 6.45) is 1.62. The van der Waals surface area contributed by atoms with Gasteiger partial charge in [-0.1, -0.05) is 0 Å². The molecule has 0 aliphatic carbocycles. The maximum absolute atomic E-state index is 5.47. The molecule has 2 heterocycles. The van der Waals surface area contributed by atoms with Gasteiger partial charge in [0.05, 0.1) is 12.8 Å². The van der Waals surface area contributed by atoms with E-state index in [0.29, 0.717) is 10.6 Å². The van der Waals surface area contributed by atoms with E-state index in [0.717, 1.165) is 5.69 Å². The third kappa shape index (κ3) is 1.91. The lowest BCUT2D eigenvalue weighted by atomic mass is 10.4. The fraction of sp³-hybridized carbons (Fsp3) is 0.125. The second kappa shape index (κ2) is 3.85. The summed E-state index contributed by atoms with van der Waals surface area (Å²) >= 11 is 3.25. The molecule has 0 unspecified atom stereocenters. The third-order valence-electron chi connectivity index (χ3n) is 1.76. The molecular formula is C8H8BrN5O. The van der Waals surface area contributed by atoms with Crippen LogP contribution in [0.1, 0.15) is 0 Å². The van der Waals surface area contributed by atoms with Gasteiger partial charge in [0.25, 0.3) is 0 Å². The lowest BCUT2D eigenvalue weighted by Gasteiger charge is -2.03. The number of pyridine rings is 1. The van der Waals surface area contributed by atoms with Crippen LogP contribution in [0.15, 0.2) is 23.1 Å². The molecule has 6 nitrogen and oxygen atoms in total. The monoisotopic (exact) mass is 269 g/mol. The molecule has 7 heteroatoms. The van der Waals surface area contributed by atoms with Crippen LogP contribution in [0.2, 0.25) is 0 Å². The van der Waals surface area contributed by atoms with E-state index in [4.69, 9.17) is 10.5 Å². The van der Waals surface area contributed by atoms with Crippen LogP contribution in [-0.4, -0.2) is 26.9 Å². The van der Waals surface area contributed by atoms with Crippen LogP contribution in [0.4, 0.5) is 5.95 Å². The van der Waals surface area contributed by atoms with Crippen LogP contribution >= 0.6 is 15.9 Å². The number of aromatic nitrogens is 4. The molecule has 78 valence electrons. The largest absolute Gasteiger partial charge is 0.481 e. The van der Waals surface area contributed by atoms with E-state index in [1.165, 1.54) is 0 Å². The van der Waals surface area contributed by atoms with Crippen LogP contribution < -0.4 is 10.5 Å². The van der Waals surface area contributed by atoms with Crippen molar-refractivity contribution in [1.29, 1.82) is 0 Å². The standard InChI is InChI=1S/C8H8BrN5O/c1-15-6-4-5(2-3-11-6)14-7(9)12-8(10)13-14/h2-4H,1H3,(H2,10,13). The Bertz CT molecular complexity index is 484. The molecule has 2 N–H and O–H groups in total. The minimum atomic E-state index is 0.206. The van der Waals surface area contributed by atoms with Crippen molar-refractivity contribution in [2.24, 2.45) is 0 Å². The molecule has 0 atom stereocenters. The zero-order valence-electron chi connectivity index (χ0n) is 7.88. The first-order valence-electron chi connectivity index (χ1n) is 4.09. The Hall–Kier alpha value is -1.63. The van der Waals surface area contributed by atoms with Crippen molar-refractivity contribution in [3.8, 4) is 11.6 Å². The highest BCUT2D eigenvalue weighted by Gasteiger charge is 2.07. The average Bonchev–Trinajstić information content (AvgIpc) is 2.58. The molecular weight excluding hydrogens is 262 g/mol. The van der Waals surface area contributed by atoms with Crippen molar-refractivity contribution in [2.45, 2.75) is 0 Å². The first-order chi connectivity index (χ1) is 7.20. The van der Waals surface area contributed by atoms with E-state index in [9.17, 15) is 0 Å². The highest BCUT2D eigenvalue weighted by atomic mass is 79.9. The SMILES string of the molecule is COc1cc(-n2nc(N)nc2Br)ccn1. The number of anilines is 1. The Morgan fingerprint density at radius 1 is 1.53 bits per heavy atom. The van der Waals surface area contributed by atoms with Gasteiger partial charge in [-0.15, -0.1) is 5.10 Å². The van der Waals surface area contributed by atoms with E-state index in [-0.39, 0.29) is 5.95 Å². The number of ether oxygens (including phenoxy) is 1. The highest BCUT2D eigenvalue weighted by molar-refractivity contribution is 9.10. The molecule has 15 heavy (non-hydrogen) atoms. The van der Waals surface area contributed by atoms with Crippen LogP contribution in [0, 0.1) is 0 Å². The van der Waals surface area contributed by atoms with Gasteiger partial charge in [0.15, 0.2) is 0 Å². The maximum Gasteiger partial charge on any atom is 0.240 e. The topological polar surface area (TPSA) is 78.9 Å². The second-order valence-corrected chi connectivity index (χ2v) is 3.42. The average molecular weight is 270 g/mol. The zero-order chi connectivity index (χ0) is 10.8. The predicted octanol–water partition coefficient (Wildman–Crippen LogP) is 1.02. The molecule has 0 bridgehead atoms. The van der Waals surface area contributed by atoms with Gasteiger partial charge in [-0.3, -0.25) is 0 Å². The molecule has 0 aliphatic rings. The molecule has 0 fully saturated rings. The van der Waals surface area contributed by atoms with Crippen molar-refractivity contribution < 1.29 is 4.74 Å². The zero-order valence-corrected chi connectivity index (χ0v) is 9.47. The summed E-state index contributed by atoms with van der Waals surface area (Å²) in [6, 6.07) is 3.51. The molecule has 0 amide bonds. The van der Waals surface area contributed by atoms with E-state index in [1.54, 1.807) is 30.1 Å². The number of nitrogens with zero attached hydrogens (tertiary/aromatic N) is 4. The number of nitrogens with two attached hydrogens (primary N) is 1. The van der Waals surface area contributed by atoms with E-state index in [2.05, 4.69) is 31.0 Å². The Balaban J connectivity index is 2.49. The van der Waals surface area contributed by atoms with Gasteiger partial charge < -0.3 is 10.5 Å². The number of halogens is 1. The summed E-state index contributed by atoms with van der Waals surface area (Å²) in [5, 5.41) is 4.01. The summed E-state index contributed by atoms with van der Waals surface area (Å²) in [7, 11) is 1.55. The van der Waals surface area contributed by atoms with Crippen LogP contribution in [0.25, 0.3) is 5.69 Å². The minimum Gasteiger partial charge on any atom is -0.481 e. The summed E-state index contributed by atoms with van der Waals surface area (Å²) < 4.78 is 7.09. The summed E-state index contributed by atoms with van der Waals surface area (Å²) in [4.78, 5) is 7.92. The summed E-state index contributed by atoms with van der Waals surface area (Å²) in [5.74, 6) is 0.714. The number of nitrogen functional groups attached to an aromatic ring is 1. The van der Waals surface area contributed by atoms with Crippen molar-refractivity contribution in [2.75, 3.05) is 12.8 Å². The Kier molecular flexibility index (Phi) is 2.55. The van der Waals surface area contributed by atoms with Gasteiger partial charge in [-0.25, -0.2) is 9.67 Å². The number of hydrogen-bond acceptors (Lipinski definition) is 5. The molecule has 2 aromatic rings. The van der Waals surface area contributed by atoms with Crippen molar-refractivity contribution in [3.05, 3.63) is 23.1 Å². The van der Waals surface area contributed by atoms with Crippen molar-refractivity contribution >= 4 is 21.9 Å². The molecule has 2 aromatic heterocycles. The summed E-state index contributed by atoms with van der Waals surface area (Å²) in [6.45, 7) is 0. The van der Waals surface area contributed by atoms with Crippen LogP contribution in [0.5, 0.6) is 5.88 Å². The van der Waals surface area contributed by atoms with Gasteiger partial charge in [0.1, 0.15) is 0 Å². The lowest BCUT2D eigenvalue weighted by Crippen LogP contribution is -1.99. The quantitative estimate of drug-likeness (QED) is 0.881. The fourth-order valence-corrected chi connectivity index (χ4v) is 1.58. The number of rotatable bonds is 2. The number of hydrogen-bond donors (Lipinski definition) is 1. The molecule has 0 saturated carbocycles. The summed E-state index contributed by atoms with van der Waals surface area (Å²) in [5.41, 5.74) is 6.24. The molecule has 0 aromatic carbocycles. The Labute approximate surface area is 94.2 Å². The van der Waals surface area contributed by atoms with Gasteiger partial charge in [-0.2, -0.15) is 4.98 Å². The smallest absolute Gasteiger partial charge is 0.240 e. The predicted molar refractivity (Wildman–Crippen MR) is 57.8 cm³/mol. The van der Waals surface area contributed by atoms with Crippen LogP contribution in [-0.2, 0) is 0 Å². The minimum absolute atomic E-state index is 0.206. The first kappa shape index (κ1) is 9.91. The number of methoxy groups -OCH3 is 1. The molecule has 2 rings (SSSR count). The van der Waals surface area contributed by atoms with Crippen LogP contribution in [0.3, 0.4) is 0 Å². The van der Waals surface area contributed by atoms with E-state index < -0.39 is 0 Å². The molecule has 0 radical (unpaired) electrons. The molecule has 0 aliphatic heterocycles. The van der Waals surface area contributed by atoms with Crippen molar-refractivity contribution in [1.82, 2.24) is 19.7 Å². The Morgan fingerprint density at radius 3 is 2.93 bits per heavy atom. The Morgan fingerprint density at radius 2 is 2.33 bits per heavy atom. The third-order valence-corrected chi connectivity index (χ3v) is 2.27. The first-order valence-corrected chi connectivity index (χ1v) is 4.88. The molecule has 0 spiro atoms. The normalized spacial score (nSPS) is 10.3. The van der Waals surface area contributed by atoms with Gasteiger partial charge >= 0.3 is 0 Å². The highest BCUT2D eigenvalue weighted by Crippen LogP contribution is 2.17. The fourth-order valence-electron chi connectivity index (χ4n) is 1.11. The molecule has 0 saturated heterocycles. The van der Waals surface area contributed by atoms with E-state index >= 15 is 0 Å². The van der Waals surface area contributed by atoms with Gasteiger partial charge in [0, 0.05) is 12.3 Å². The van der Waals surface area contributed by atoms with E-state index in [1.807, 2.05) is 0 Å².